The third-order valence-corrected chi connectivity index (χ3v) is 5.62. The van der Waals surface area contributed by atoms with E-state index in [2.05, 4.69) is 6.08 Å². The van der Waals surface area contributed by atoms with Gasteiger partial charge in [0.1, 0.15) is 6.79 Å². The van der Waals surface area contributed by atoms with Crippen LogP contribution in [0, 0.1) is 17.8 Å². The Morgan fingerprint density at radius 2 is 1.95 bits per heavy atom. The van der Waals surface area contributed by atoms with Crippen molar-refractivity contribution in [3.8, 4) is 0 Å². The second-order valence-corrected chi connectivity index (χ2v) is 6.62. The van der Waals surface area contributed by atoms with Gasteiger partial charge in [0.05, 0.1) is 12.2 Å². The van der Waals surface area contributed by atoms with Crippen molar-refractivity contribution in [2.24, 2.45) is 17.8 Å². The van der Waals surface area contributed by atoms with E-state index in [-0.39, 0.29) is 0 Å². The summed E-state index contributed by atoms with van der Waals surface area (Å²) < 4.78 is 16.9. The van der Waals surface area contributed by atoms with E-state index < -0.39 is 0 Å². The second kappa shape index (κ2) is 6.59. The zero-order chi connectivity index (χ0) is 13.9. The van der Waals surface area contributed by atoms with E-state index in [0.717, 1.165) is 11.8 Å². The number of allylic oxidation sites excluding steroid dienone is 1. The van der Waals surface area contributed by atoms with Crippen LogP contribution in [0.4, 0.5) is 0 Å². The zero-order valence-electron chi connectivity index (χ0n) is 12.8. The summed E-state index contributed by atoms with van der Waals surface area (Å²) in [6.45, 7) is 0.430. The van der Waals surface area contributed by atoms with Crippen LogP contribution in [0.2, 0.25) is 0 Å². The summed E-state index contributed by atoms with van der Waals surface area (Å²) in [7, 11) is 3.59. The zero-order valence-corrected chi connectivity index (χ0v) is 12.8. The summed E-state index contributed by atoms with van der Waals surface area (Å²) in [6.07, 6.45) is 12.1. The first-order valence-corrected chi connectivity index (χ1v) is 8.16. The van der Waals surface area contributed by atoms with Crippen LogP contribution in [0.1, 0.15) is 44.9 Å². The first-order valence-electron chi connectivity index (χ1n) is 8.16. The van der Waals surface area contributed by atoms with Gasteiger partial charge >= 0.3 is 0 Å². The highest BCUT2D eigenvalue weighted by atomic mass is 16.7. The van der Waals surface area contributed by atoms with Crippen LogP contribution >= 0.6 is 0 Å². The van der Waals surface area contributed by atoms with Crippen LogP contribution in [0.3, 0.4) is 0 Å². The molecule has 3 aliphatic carbocycles. The summed E-state index contributed by atoms with van der Waals surface area (Å²) in [5, 5.41) is 0. The number of hydrogen-bond donors (Lipinski definition) is 0. The van der Waals surface area contributed by atoms with Crippen molar-refractivity contribution in [3.63, 3.8) is 0 Å². The van der Waals surface area contributed by atoms with Crippen molar-refractivity contribution in [2.75, 3.05) is 21.0 Å². The molecule has 3 rings (SSSR count). The summed E-state index contributed by atoms with van der Waals surface area (Å²) >= 11 is 0. The number of rotatable bonds is 4. The molecule has 0 heterocycles. The highest BCUT2D eigenvalue weighted by Crippen LogP contribution is 2.49. The van der Waals surface area contributed by atoms with Gasteiger partial charge in [0, 0.05) is 20.1 Å². The Morgan fingerprint density at radius 3 is 2.75 bits per heavy atom. The van der Waals surface area contributed by atoms with Crippen LogP contribution in [-0.2, 0) is 14.2 Å². The molecule has 0 unspecified atom stereocenters. The number of ether oxygens (including phenoxy) is 3. The van der Waals surface area contributed by atoms with E-state index in [1.54, 1.807) is 12.7 Å². The smallest absolute Gasteiger partial charge is 0.146 e. The lowest BCUT2D eigenvalue weighted by molar-refractivity contribution is -0.113. The average molecular weight is 280 g/mol. The van der Waals surface area contributed by atoms with Gasteiger partial charge in [-0.15, -0.1) is 0 Å². The van der Waals surface area contributed by atoms with Gasteiger partial charge in [0.15, 0.2) is 0 Å². The second-order valence-electron chi connectivity index (χ2n) is 6.62. The minimum atomic E-state index is 0.360. The lowest BCUT2D eigenvalue weighted by Crippen LogP contribution is -2.43. The molecule has 5 atom stereocenters. The van der Waals surface area contributed by atoms with Crippen LogP contribution in [-0.4, -0.2) is 33.2 Å². The Bertz CT molecular complexity index is 352. The number of hydrogen-bond acceptors (Lipinski definition) is 3. The van der Waals surface area contributed by atoms with Crippen molar-refractivity contribution >= 4 is 0 Å². The standard InChI is InChI=1S/C17H28O3/c1-18-11-20-16-9-7-12-6-8-14(19-2)10-13-4-3-5-15(12)17(13)16/h5,12-14,16-17H,3-4,6-11H2,1-2H3/t12-,13+,14+,16+,17-/m1/s1. The van der Waals surface area contributed by atoms with Gasteiger partial charge in [-0.2, -0.15) is 0 Å². The maximum atomic E-state index is 6.02. The molecule has 0 N–H and O–H groups in total. The average Bonchev–Trinajstić information content (AvgIpc) is 2.50. The summed E-state index contributed by atoms with van der Waals surface area (Å²) in [4.78, 5) is 0. The third-order valence-electron chi connectivity index (χ3n) is 5.62. The van der Waals surface area contributed by atoms with Gasteiger partial charge in [-0.25, -0.2) is 0 Å². The summed E-state index contributed by atoms with van der Waals surface area (Å²) in [5.74, 6) is 2.14. The molecule has 0 radical (unpaired) electrons. The van der Waals surface area contributed by atoms with E-state index in [1.807, 2.05) is 7.11 Å². The monoisotopic (exact) mass is 280 g/mol. The van der Waals surface area contributed by atoms with Gasteiger partial charge in [-0.3, -0.25) is 0 Å². The molecular formula is C17H28O3. The molecule has 4 bridgehead atoms. The minimum absolute atomic E-state index is 0.360. The Morgan fingerprint density at radius 1 is 1.10 bits per heavy atom. The fourth-order valence-electron chi connectivity index (χ4n) is 4.70. The maximum Gasteiger partial charge on any atom is 0.146 e. The fraction of sp³-hybridized carbons (Fsp3) is 0.882. The van der Waals surface area contributed by atoms with Crippen LogP contribution in [0.5, 0.6) is 0 Å². The van der Waals surface area contributed by atoms with Gasteiger partial charge in [-0.1, -0.05) is 11.6 Å². The van der Waals surface area contributed by atoms with Crippen molar-refractivity contribution < 1.29 is 14.2 Å². The van der Waals surface area contributed by atoms with Gasteiger partial charge in [0.25, 0.3) is 0 Å². The van der Waals surface area contributed by atoms with Gasteiger partial charge in [0.2, 0.25) is 0 Å². The number of methoxy groups -OCH3 is 2. The van der Waals surface area contributed by atoms with Gasteiger partial charge < -0.3 is 14.2 Å². The molecule has 0 saturated heterocycles. The van der Waals surface area contributed by atoms with Crippen LogP contribution in [0.15, 0.2) is 11.6 Å². The Balaban J connectivity index is 1.82. The van der Waals surface area contributed by atoms with E-state index in [4.69, 9.17) is 14.2 Å². The maximum absolute atomic E-state index is 6.02. The molecule has 20 heavy (non-hydrogen) atoms. The Labute approximate surface area is 122 Å². The molecule has 3 heteroatoms. The molecule has 114 valence electrons. The summed E-state index contributed by atoms with van der Waals surface area (Å²) in [6, 6.07) is 0. The molecule has 0 aromatic heterocycles. The topological polar surface area (TPSA) is 27.7 Å². The Hall–Kier alpha value is -0.380. The lowest BCUT2D eigenvalue weighted by Gasteiger charge is -2.47. The van der Waals surface area contributed by atoms with E-state index in [9.17, 15) is 0 Å². The normalized spacial score (nSPS) is 40.7. The van der Waals surface area contributed by atoms with E-state index in [1.165, 1.54) is 44.9 Å². The molecule has 3 aliphatic rings. The minimum Gasteiger partial charge on any atom is -0.381 e. The quantitative estimate of drug-likeness (QED) is 0.582. The van der Waals surface area contributed by atoms with Crippen molar-refractivity contribution in [2.45, 2.75) is 57.2 Å². The highest BCUT2D eigenvalue weighted by molar-refractivity contribution is 5.21. The lowest BCUT2D eigenvalue weighted by atomic mass is 9.61. The molecule has 0 spiro atoms. The van der Waals surface area contributed by atoms with Crippen molar-refractivity contribution in [1.82, 2.24) is 0 Å². The molecule has 3 nitrogen and oxygen atoms in total. The molecule has 0 aromatic rings. The van der Waals surface area contributed by atoms with Crippen molar-refractivity contribution in [1.29, 1.82) is 0 Å². The Kier molecular flexibility index (Phi) is 4.79. The van der Waals surface area contributed by atoms with Crippen molar-refractivity contribution in [3.05, 3.63) is 11.6 Å². The van der Waals surface area contributed by atoms with E-state index >= 15 is 0 Å². The first kappa shape index (κ1) is 14.6. The molecule has 0 aliphatic heterocycles. The summed E-state index contributed by atoms with van der Waals surface area (Å²) in [5.41, 5.74) is 1.71. The molecular weight excluding hydrogens is 252 g/mol. The predicted octanol–water partition coefficient (Wildman–Crippen LogP) is 3.54. The van der Waals surface area contributed by atoms with Crippen LogP contribution in [0.25, 0.3) is 0 Å². The predicted molar refractivity (Wildman–Crippen MR) is 78.4 cm³/mol. The first-order chi connectivity index (χ1) is 9.83. The van der Waals surface area contributed by atoms with Gasteiger partial charge in [-0.05, 0) is 56.8 Å². The highest BCUT2D eigenvalue weighted by Gasteiger charge is 2.43. The molecule has 0 amide bonds. The van der Waals surface area contributed by atoms with E-state index in [0.29, 0.717) is 24.9 Å². The van der Waals surface area contributed by atoms with Crippen LogP contribution < -0.4 is 0 Å². The largest absolute Gasteiger partial charge is 0.381 e. The molecule has 0 aromatic carbocycles. The molecule has 2 saturated carbocycles. The fourth-order valence-corrected chi connectivity index (χ4v) is 4.70. The molecule has 2 fully saturated rings. The SMILES string of the molecule is COCO[C@H]1CC[C@H]2CC[C@H](OC)C[C@@H]3CCC=C2[C@@H]31. The third kappa shape index (κ3) is 2.81.